The molecule has 0 aliphatic heterocycles. The molecular weight excluding hydrogens is 254 g/mol. The number of rotatable bonds is 3. The van der Waals surface area contributed by atoms with Gasteiger partial charge in [-0.25, -0.2) is 8.78 Å². The fraction of sp³-hybridized carbons (Fsp3) is 0.286. The molecule has 18 heavy (non-hydrogen) atoms. The van der Waals surface area contributed by atoms with Gasteiger partial charge in [0.05, 0.1) is 6.10 Å². The predicted octanol–water partition coefficient (Wildman–Crippen LogP) is 3.92. The van der Waals surface area contributed by atoms with Gasteiger partial charge in [-0.1, -0.05) is 0 Å². The fourth-order valence-electron chi connectivity index (χ4n) is 2.00. The maximum Gasteiger partial charge on any atom is 0.126 e. The number of aliphatic hydroxyl groups is 1. The van der Waals surface area contributed by atoms with Crippen molar-refractivity contribution >= 4 is 11.3 Å². The third kappa shape index (κ3) is 2.76. The molecule has 2 rings (SSSR count). The average Bonchev–Trinajstić information content (AvgIpc) is 2.63. The Balaban J connectivity index is 2.23. The first-order chi connectivity index (χ1) is 8.47. The predicted molar refractivity (Wildman–Crippen MR) is 68.8 cm³/mol. The van der Waals surface area contributed by atoms with Crippen LogP contribution in [-0.4, -0.2) is 5.11 Å². The zero-order valence-electron chi connectivity index (χ0n) is 10.2. The van der Waals surface area contributed by atoms with Crippen LogP contribution in [0.15, 0.2) is 24.3 Å². The maximum atomic E-state index is 13.5. The number of halogens is 2. The van der Waals surface area contributed by atoms with Gasteiger partial charge in [0.15, 0.2) is 0 Å². The van der Waals surface area contributed by atoms with Crippen LogP contribution in [0.1, 0.15) is 27.0 Å². The highest BCUT2D eigenvalue weighted by atomic mass is 32.1. The Kier molecular flexibility index (Phi) is 3.78. The zero-order valence-corrected chi connectivity index (χ0v) is 11.0. The van der Waals surface area contributed by atoms with Gasteiger partial charge in [0, 0.05) is 16.2 Å². The molecule has 0 fully saturated rings. The Labute approximate surface area is 109 Å². The summed E-state index contributed by atoms with van der Waals surface area (Å²) in [4.78, 5) is 2.11. The third-order valence-corrected chi connectivity index (χ3v) is 3.84. The van der Waals surface area contributed by atoms with Gasteiger partial charge in [0.2, 0.25) is 0 Å². The van der Waals surface area contributed by atoms with E-state index < -0.39 is 17.7 Å². The highest BCUT2D eigenvalue weighted by Crippen LogP contribution is 2.29. The summed E-state index contributed by atoms with van der Waals surface area (Å²) in [6.45, 7) is 3.87. The Morgan fingerprint density at radius 1 is 1.22 bits per heavy atom. The van der Waals surface area contributed by atoms with Crippen molar-refractivity contribution in [3.8, 4) is 0 Å². The lowest BCUT2D eigenvalue weighted by atomic mass is 10.0. The lowest BCUT2D eigenvalue weighted by Crippen LogP contribution is -2.04. The van der Waals surface area contributed by atoms with Gasteiger partial charge in [0.25, 0.3) is 0 Å². The van der Waals surface area contributed by atoms with E-state index in [0.29, 0.717) is 0 Å². The minimum atomic E-state index is -0.800. The number of hydrogen-bond donors (Lipinski definition) is 1. The van der Waals surface area contributed by atoms with Gasteiger partial charge in [-0.2, -0.15) is 0 Å². The van der Waals surface area contributed by atoms with Crippen molar-refractivity contribution in [1.29, 1.82) is 0 Å². The molecule has 1 atom stereocenters. The Hall–Kier alpha value is -1.26. The van der Waals surface area contributed by atoms with Crippen LogP contribution in [-0.2, 0) is 6.42 Å². The molecule has 0 amide bonds. The van der Waals surface area contributed by atoms with E-state index in [0.717, 1.165) is 33.5 Å². The van der Waals surface area contributed by atoms with Crippen LogP contribution in [0.3, 0.4) is 0 Å². The third-order valence-electron chi connectivity index (χ3n) is 2.86. The molecule has 1 aromatic heterocycles. The van der Waals surface area contributed by atoms with Crippen LogP contribution in [0.2, 0.25) is 0 Å². The quantitative estimate of drug-likeness (QED) is 0.894. The Morgan fingerprint density at radius 2 is 1.94 bits per heavy atom. The Morgan fingerprint density at radius 3 is 2.56 bits per heavy atom. The van der Waals surface area contributed by atoms with Crippen LogP contribution in [0.5, 0.6) is 0 Å². The second kappa shape index (κ2) is 5.16. The van der Waals surface area contributed by atoms with Gasteiger partial charge in [0.1, 0.15) is 11.6 Å². The normalized spacial score (nSPS) is 12.7. The first kappa shape index (κ1) is 13.2. The summed E-state index contributed by atoms with van der Waals surface area (Å²) in [5, 5.41) is 10.1. The zero-order chi connectivity index (χ0) is 13.3. The number of hydrogen-bond acceptors (Lipinski definition) is 2. The van der Waals surface area contributed by atoms with Gasteiger partial charge in [-0.05, 0) is 49.2 Å². The van der Waals surface area contributed by atoms with Crippen molar-refractivity contribution < 1.29 is 13.9 Å². The second-order valence-electron chi connectivity index (χ2n) is 4.32. The van der Waals surface area contributed by atoms with E-state index in [2.05, 4.69) is 0 Å². The molecule has 0 aliphatic carbocycles. The lowest BCUT2D eigenvalue weighted by Gasteiger charge is -2.11. The smallest absolute Gasteiger partial charge is 0.126 e. The van der Waals surface area contributed by atoms with E-state index in [4.69, 9.17) is 0 Å². The van der Waals surface area contributed by atoms with Crippen LogP contribution in [0.4, 0.5) is 8.78 Å². The van der Waals surface area contributed by atoms with Gasteiger partial charge in [-0.15, -0.1) is 11.3 Å². The summed E-state index contributed by atoms with van der Waals surface area (Å²) in [5.41, 5.74) is 0.993. The summed E-state index contributed by atoms with van der Waals surface area (Å²) < 4.78 is 26.5. The van der Waals surface area contributed by atoms with Gasteiger partial charge in [-0.3, -0.25) is 0 Å². The van der Waals surface area contributed by atoms with E-state index >= 15 is 0 Å². The van der Waals surface area contributed by atoms with E-state index in [1.807, 2.05) is 19.9 Å². The minimum absolute atomic E-state index is 0.0839. The molecular formula is C14H14F2OS. The lowest BCUT2D eigenvalue weighted by molar-refractivity contribution is 0.177. The molecule has 1 nitrogen and oxygen atoms in total. The highest BCUT2D eigenvalue weighted by molar-refractivity contribution is 7.12. The summed E-state index contributed by atoms with van der Waals surface area (Å²) >= 11 is 1.59. The molecule has 0 spiro atoms. The summed E-state index contributed by atoms with van der Waals surface area (Å²) in [7, 11) is 0. The SMILES string of the molecule is Cc1cc(C(O)Cc2cc(F)ccc2F)c(C)s1. The molecule has 0 saturated heterocycles. The highest BCUT2D eigenvalue weighted by Gasteiger charge is 2.16. The molecule has 1 N–H and O–H groups in total. The van der Waals surface area contributed by atoms with E-state index in [1.165, 1.54) is 0 Å². The van der Waals surface area contributed by atoms with Crippen LogP contribution >= 0.6 is 11.3 Å². The number of aryl methyl sites for hydroxylation is 2. The first-order valence-corrected chi connectivity index (χ1v) is 6.48. The van der Waals surface area contributed by atoms with Gasteiger partial charge >= 0.3 is 0 Å². The molecule has 4 heteroatoms. The molecule has 0 saturated carbocycles. The maximum absolute atomic E-state index is 13.5. The summed E-state index contributed by atoms with van der Waals surface area (Å²) in [6.07, 6.45) is -0.716. The number of thiophene rings is 1. The monoisotopic (exact) mass is 268 g/mol. The fourth-order valence-corrected chi connectivity index (χ4v) is 2.98. The second-order valence-corrected chi connectivity index (χ2v) is 5.78. The molecule has 1 unspecified atom stereocenters. The van der Waals surface area contributed by atoms with Crippen molar-refractivity contribution in [3.05, 3.63) is 56.8 Å². The standard InChI is InChI=1S/C14H14F2OS/c1-8-5-12(9(2)18-8)14(17)7-10-6-11(15)3-4-13(10)16/h3-6,14,17H,7H2,1-2H3. The van der Waals surface area contributed by atoms with Crippen LogP contribution in [0.25, 0.3) is 0 Å². The number of benzene rings is 1. The largest absolute Gasteiger partial charge is 0.388 e. The van der Waals surface area contributed by atoms with E-state index in [9.17, 15) is 13.9 Å². The Bertz CT molecular complexity index is 563. The summed E-state index contributed by atoms with van der Waals surface area (Å²) in [6, 6.07) is 5.18. The molecule has 0 bridgehead atoms. The van der Waals surface area contributed by atoms with Crippen molar-refractivity contribution in [2.75, 3.05) is 0 Å². The average molecular weight is 268 g/mol. The van der Waals surface area contributed by atoms with Crippen molar-refractivity contribution in [2.24, 2.45) is 0 Å². The summed E-state index contributed by atoms with van der Waals surface area (Å²) in [5.74, 6) is -0.975. The van der Waals surface area contributed by atoms with Crippen molar-refractivity contribution in [2.45, 2.75) is 26.4 Å². The molecule has 1 aromatic carbocycles. The van der Waals surface area contributed by atoms with Crippen LogP contribution < -0.4 is 0 Å². The molecule has 0 aliphatic rings. The van der Waals surface area contributed by atoms with Crippen LogP contribution in [0, 0.1) is 25.5 Å². The first-order valence-electron chi connectivity index (χ1n) is 5.66. The molecule has 2 aromatic rings. The number of aliphatic hydroxyl groups excluding tert-OH is 1. The minimum Gasteiger partial charge on any atom is -0.388 e. The van der Waals surface area contributed by atoms with Crippen molar-refractivity contribution in [3.63, 3.8) is 0 Å². The van der Waals surface area contributed by atoms with Gasteiger partial charge < -0.3 is 5.11 Å². The molecule has 1 heterocycles. The molecule has 0 radical (unpaired) electrons. The van der Waals surface area contributed by atoms with E-state index in [1.54, 1.807) is 11.3 Å². The molecule has 96 valence electrons. The topological polar surface area (TPSA) is 20.2 Å². The van der Waals surface area contributed by atoms with Crippen molar-refractivity contribution in [1.82, 2.24) is 0 Å². The van der Waals surface area contributed by atoms with E-state index in [-0.39, 0.29) is 12.0 Å².